The average molecular weight is 222 g/mol. The van der Waals surface area contributed by atoms with Crippen molar-refractivity contribution in [1.82, 2.24) is 4.98 Å². The fourth-order valence-electron chi connectivity index (χ4n) is 0.446. The Bertz CT molecular complexity index is 176. The maximum atomic E-state index is 9.94. The number of carbonyl (C=O) groups excluding carboxylic acids is 1. The van der Waals surface area contributed by atoms with Crippen LogP contribution in [0.1, 0.15) is 10.5 Å². The molecule has 0 saturated carbocycles. The normalized spacial score (nSPS) is 7.56. The Balaban J connectivity index is 0.000000640. The second-order valence-electron chi connectivity index (χ2n) is 1.37. The molecule has 0 N–H and O–H groups in total. The first-order valence-electron chi connectivity index (χ1n) is 2.29. The Morgan fingerprint density at radius 3 is 2.56 bits per heavy atom. The summed E-state index contributed by atoms with van der Waals surface area (Å²) >= 11 is 0. The van der Waals surface area contributed by atoms with Crippen LogP contribution in [-0.2, 0) is 0 Å². The van der Waals surface area contributed by atoms with Gasteiger partial charge in [-0.25, -0.2) is 0 Å². The van der Waals surface area contributed by atoms with E-state index in [0.717, 1.165) is 6.29 Å². The van der Waals surface area contributed by atoms with E-state index >= 15 is 0 Å². The molecule has 0 aliphatic heterocycles. The molecule has 3 radical (unpaired) electrons. The predicted octanol–water partition coefficient (Wildman–Crippen LogP) is 0.513. The molecular weight excluding hydrogens is 217 g/mol. The monoisotopic (exact) mass is 222 g/mol. The molecule has 1 rings (SSSR count). The summed E-state index contributed by atoms with van der Waals surface area (Å²) in [5, 5.41) is 0. The van der Waals surface area contributed by atoms with Gasteiger partial charge in [-0.1, -0.05) is 6.07 Å². The summed E-state index contributed by atoms with van der Waals surface area (Å²) in [4.78, 5) is 13.7. The molecule has 0 saturated heterocycles. The Morgan fingerprint density at radius 1 is 1.44 bits per heavy atom. The third kappa shape index (κ3) is 2.65. The third-order valence-electron chi connectivity index (χ3n) is 0.809. The van der Waals surface area contributed by atoms with Gasteiger partial charge in [-0.3, -0.25) is 9.78 Å². The molecule has 1 aromatic heterocycles. The number of aromatic nitrogens is 1. The predicted molar refractivity (Wildman–Crippen MR) is 35.4 cm³/mol. The number of aldehydes is 1. The van der Waals surface area contributed by atoms with E-state index in [9.17, 15) is 4.79 Å². The van der Waals surface area contributed by atoms with E-state index in [0.29, 0.717) is 5.69 Å². The van der Waals surface area contributed by atoms with Crippen molar-refractivity contribution in [2.24, 2.45) is 0 Å². The van der Waals surface area contributed by atoms with Crippen molar-refractivity contribution in [2.75, 3.05) is 0 Å². The third-order valence-corrected chi connectivity index (χ3v) is 0.809. The molecule has 0 amide bonds. The molecule has 0 bridgehead atoms. The van der Waals surface area contributed by atoms with Gasteiger partial charge in [0, 0.05) is 32.0 Å². The molecule has 0 fully saturated rings. The van der Waals surface area contributed by atoms with Crippen LogP contribution in [0.4, 0.5) is 0 Å². The summed E-state index contributed by atoms with van der Waals surface area (Å²) in [6, 6.07) is 5.21. The fraction of sp³-hybridized carbons (Fsp3) is 0. The second kappa shape index (κ2) is 4.56. The van der Waals surface area contributed by atoms with E-state index in [1.54, 1.807) is 24.4 Å². The van der Waals surface area contributed by atoms with Crippen LogP contribution in [0.2, 0.25) is 0 Å². The van der Waals surface area contributed by atoms with Crippen LogP contribution in [-0.4, -0.2) is 37.1 Å². The van der Waals surface area contributed by atoms with Crippen LogP contribution in [0.5, 0.6) is 0 Å². The first kappa shape index (κ1) is 8.69. The standard InChI is InChI=1S/C6H5NO.In/c8-5-6-3-1-2-4-7-6;/h1-5H;. The zero-order valence-corrected chi connectivity index (χ0v) is 8.12. The molecule has 2 nitrogen and oxygen atoms in total. The summed E-state index contributed by atoms with van der Waals surface area (Å²) in [6.07, 6.45) is 2.31. The van der Waals surface area contributed by atoms with Gasteiger partial charge >= 0.3 is 0 Å². The van der Waals surface area contributed by atoms with Gasteiger partial charge in [0.05, 0.1) is 0 Å². The van der Waals surface area contributed by atoms with Crippen molar-refractivity contribution >= 4 is 32.1 Å². The number of pyridine rings is 1. The molecule has 0 aliphatic rings. The van der Waals surface area contributed by atoms with Crippen molar-refractivity contribution < 1.29 is 4.79 Å². The van der Waals surface area contributed by atoms with Crippen LogP contribution in [0.25, 0.3) is 0 Å². The smallest absolute Gasteiger partial charge is 0.168 e. The number of hydrogen-bond acceptors (Lipinski definition) is 2. The molecule has 9 heavy (non-hydrogen) atoms. The molecule has 0 aromatic carbocycles. The van der Waals surface area contributed by atoms with Gasteiger partial charge < -0.3 is 0 Å². The van der Waals surface area contributed by atoms with Gasteiger partial charge in [-0.15, -0.1) is 0 Å². The number of nitrogens with zero attached hydrogens (tertiary/aromatic N) is 1. The Kier molecular flexibility index (Phi) is 4.40. The Labute approximate surface area is 72.1 Å². The Hall–Kier alpha value is -0.310. The van der Waals surface area contributed by atoms with Crippen LogP contribution in [0, 0.1) is 0 Å². The van der Waals surface area contributed by atoms with Crippen molar-refractivity contribution in [3.8, 4) is 0 Å². The van der Waals surface area contributed by atoms with E-state index in [4.69, 9.17) is 0 Å². The summed E-state index contributed by atoms with van der Waals surface area (Å²) in [5.41, 5.74) is 0.479. The molecule has 0 spiro atoms. The largest absolute Gasteiger partial charge is 0.296 e. The number of hydrogen-bond donors (Lipinski definition) is 0. The van der Waals surface area contributed by atoms with E-state index in [1.807, 2.05) is 0 Å². The topological polar surface area (TPSA) is 30.0 Å². The molecule has 3 heteroatoms. The van der Waals surface area contributed by atoms with Crippen molar-refractivity contribution in [3.05, 3.63) is 30.1 Å². The zero-order valence-electron chi connectivity index (χ0n) is 4.82. The molecule has 43 valence electrons. The number of rotatable bonds is 1. The van der Waals surface area contributed by atoms with Crippen molar-refractivity contribution in [3.63, 3.8) is 0 Å². The summed E-state index contributed by atoms with van der Waals surface area (Å²) in [7, 11) is 0. The molecule has 1 heterocycles. The SMILES string of the molecule is O=Cc1ccccn1.[In]. The second-order valence-corrected chi connectivity index (χ2v) is 1.37. The van der Waals surface area contributed by atoms with E-state index in [1.165, 1.54) is 0 Å². The fourth-order valence-corrected chi connectivity index (χ4v) is 0.446. The van der Waals surface area contributed by atoms with E-state index < -0.39 is 0 Å². The summed E-state index contributed by atoms with van der Waals surface area (Å²) < 4.78 is 0. The molecule has 0 aliphatic carbocycles. The zero-order chi connectivity index (χ0) is 5.82. The van der Waals surface area contributed by atoms with Crippen LogP contribution >= 0.6 is 0 Å². The van der Waals surface area contributed by atoms with Crippen LogP contribution < -0.4 is 0 Å². The summed E-state index contributed by atoms with van der Waals surface area (Å²) in [6.45, 7) is 0. The van der Waals surface area contributed by atoms with Crippen molar-refractivity contribution in [1.29, 1.82) is 0 Å². The number of carbonyl (C=O) groups is 1. The van der Waals surface area contributed by atoms with Gasteiger partial charge in [0.1, 0.15) is 5.69 Å². The van der Waals surface area contributed by atoms with Crippen LogP contribution in [0.15, 0.2) is 24.4 Å². The minimum atomic E-state index is 0. The van der Waals surface area contributed by atoms with Crippen LogP contribution in [0.3, 0.4) is 0 Å². The minimum Gasteiger partial charge on any atom is -0.296 e. The van der Waals surface area contributed by atoms with Gasteiger partial charge in [0.15, 0.2) is 6.29 Å². The summed E-state index contributed by atoms with van der Waals surface area (Å²) in [5.74, 6) is 0. The van der Waals surface area contributed by atoms with E-state index in [-0.39, 0.29) is 25.8 Å². The molecule has 1 aromatic rings. The van der Waals surface area contributed by atoms with Crippen molar-refractivity contribution in [2.45, 2.75) is 0 Å². The van der Waals surface area contributed by atoms with Gasteiger partial charge in [-0.05, 0) is 12.1 Å². The quantitative estimate of drug-likeness (QED) is 0.648. The average Bonchev–Trinajstić information content (AvgIpc) is 1.90. The van der Waals surface area contributed by atoms with Gasteiger partial charge in [-0.2, -0.15) is 0 Å². The first-order valence-corrected chi connectivity index (χ1v) is 2.29. The Morgan fingerprint density at radius 2 is 2.22 bits per heavy atom. The molecule has 0 atom stereocenters. The maximum Gasteiger partial charge on any atom is 0.168 e. The molecular formula is C6H5InNO. The van der Waals surface area contributed by atoms with Gasteiger partial charge in [0.2, 0.25) is 0 Å². The molecule has 0 unspecified atom stereocenters. The first-order chi connectivity index (χ1) is 3.93. The van der Waals surface area contributed by atoms with Gasteiger partial charge in [0.25, 0.3) is 0 Å². The maximum absolute atomic E-state index is 9.94. The van der Waals surface area contributed by atoms with E-state index in [2.05, 4.69) is 4.98 Å². The minimum absolute atomic E-state index is 0.